The van der Waals surface area contributed by atoms with Crippen molar-refractivity contribution in [3.05, 3.63) is 83.6 Å². The Morgan fingerprint density at radius 1 is 1.11 bits per heavy atom. The third-order valence-electron chi connectivity index (χ3n) is 4.68. The van der Waals surface area contributed by atoms with Gasteiger partial charge in [0.15, 0.2) is 5.82 Å². The first-order chi connectivity index (χ1) is 13.5. The first kappa shape index (κ1) is 18.2. The Morgan fingerprint density at radius 2 is 1.89 bits per heavy atom. The highest BCUT2D eigenvalue weighted by Crippen LogP contribution is 2.36. The fourth-order valence-corrected chi connectivity index (χ4v) is 4.74. The van der Waals surface area contributed by atoms with E-state index in [9.17, 15) is 8.42 Å². The van der Waals surface area contributed by atoms with Crippen LogP contribution < -0.4 is 4.90 Å². The highest BCUT2D eigenvalue weighted by molar-refractivity contribution is 7.89. The Morgan fingerprint density at radius 3 is 2.64 bits per heavy atom. The zero-order valence-corrected chi connectivity index (χ0v) is 16.1. The van der Waals surface area contributed by atoms with Gasteiger partial charge in [-0.1, -0.05) is 29.8 Å². The Kier molecular flexibility index (Phi) is 4.59. The Balaban J connectivity index is 1.78. The van der Waals surface area contributed by atoms with Crippen LogP contribution in [-0.2, 0) is 16.6 Å². The molecule has 2 aromatic carbocycles. The van der Waals surface area contributed by atoms with Gasteiger partial charge in [-0.2, -0.15) is 9.57 Å². The number of nitriles is 1. The summed E-state index contributed by atoms with van der Waals surface area (Å²) >= 11 is 0. The summed E-state index contributed by atoms with van der Waals surface area (Å²) in [6.45, 7) is 2.33. The van der Waals surface area contributed by atoms with E-state index in [2.05, 4.69) is 11.1 Å². The van der Waals surface area contributed by atoms with Crippen LogP contribution in [-0.4, -0.2) is 24.4 Å². The molecule has 0 saturated heterocycles. The lowest BCUT2D eigenvalue weighted by atomic mass is 10.1. The van der Waals surface area contributed by atoms with Crippen molar-refractivity contribution in [1.29, 1.82) is 5.26 Å². The van der Waals surface area contributed by atoms with Gasteiger partial charge in [-0.05, 0) is 48.9 Å². The van der Waals surface area contributed by atoms with Crippen molar-refractivity contribution in [2.75, 3.05) is 11.6 Å². The third-order valence-corrected chi connectivity index (χ3v) is 6.48. The lowest BCUT2D eigenvalue weighted by Crippen LogP contribution is -2.44. The summed E-state index contributed by atoms with van der Waals surface area (Å²) in [6, 6.07) is 20.2. The number of sulfonamides is 1. The van der Waals surface area contributed by atoms with Crippen LogP contribution in [0.2, 0.25) is 0 Å². The van der Waals surface area contributed by atoms with Crippen molar-refractivity contribution >= 4 is 21.5 Å². The van der Waals surface area contributed by atoms with E-state index < -0.39 is 10.0 Å². The maximum Gasteiger partial charge on any atom is 0.248 e. The normalized spacial score (nSPS) is 15.6. The molecule has 3 aromatic rings. The summed E-state index contributed by atoms with van der Waals surface area (Å²) in [5.41, 5.74) is 3.26. The van der Waals surface area contributed by atoms with Gasteiger partial charge in [0.1, 0.15) is 4.90 Å². The lowest BCUT2D eigenvalue weighted by Gasteiger charge is -2.36. The standard InChI is InChI=1S/C21H18N4O2S/c1-16-7-9-19(10-8-16)25-15-24(14-18-5-2-4-17(12-18)13-22)28(26,27)20-6-3-11-23-21(20)25/h2-12H,14-15H2,1H3. The number of aromatic nitrogens is 1. The van der Waals surface area contributed by atoms with E-state index in [1.54, 1.807) is 36.5 Å². The Bertz CT molecular complexity index is 1170. The molecule has 28 heavy (non-hydrogen) atoms. The molecule has 0 saturated carbocycles. The van der Waals surface area contributed by atoms with Crippen molar-refractivity contribution < 1.29 is 8.42 Å². The van der Waals surface area contributed by atoms with E-state index in [-0.39, 0.29) is 18.1 Å². The van der Waals surface area contributed by atoms with Crippen molar-refractivity contribution in [3.63, 3.8) is 0 Å². The van der Waals surface area contributed by atoms with Gasteiger partial charge in [0, 0.05) is 18.4 Å². The highest BCUT2D eigenvalue weighted by atomic mass is 32.2. The van der Waals surface area contributed by atoms with Crippen molar-refractivity contribution in [3.8, 4) is 6.07 Å². The van der Waals surface area contributed by atoms with E-state index in [0.29, 0.717) is 11.4 Å². The molecule has 1 aromatic heterocycles. The number of hydrogen-bond donors (Lipinski definition) is 0. The second-order valence-corrected chi connectivity index (χ2v) is 8.56. The quantitative estimate of drug-likeness (QED) is 0.683. The first-order valence-electron chi connectivity index (χ1n) is 8.77. The monoisotopic (exact) mass is 390 g/mol. The van der Waals surface area contributed by atoms with Crippen molar-refractivity contribution in [2.45, 2.75) is 18.4 Å². The number of hydrogen-bond acceptors (Lipinski definition) is 5. The number of pyridine rings is 1. The van der Waals surface area contributed by atoms with Crippen LogP contribution in [0.15, 0.2) is 71.8 Å². The molecule has 4 rings (SSSR count). The fraction of sp³-hybridized carbons (Fsp3) is 0.143. The molecule has 0 bridgehead atoms. The molecule has 0 unspecified atom stereocenters. The summed E-state index contributed by atoms with van der Waals surface area (Å²) in [5, 5.41) is 9.12. The number of benzene rings is 2. The van der Waals surface area contributed by atoms with Gasteiger partial charge in [-0.3, -0.25) is 0 Å². The van der Waals surface area contributed by atoms with Gasteiger partial charge in [0.2, 0.25) is 10.0 Å². The molecule has 140 valence electrons. The minimum atomic E-state index is -3.70. The van der Waals surface area contributed by atoms with Crippen LogP contribution in [0, 0.1) is 18.3 Å². The summed E-state index contributed by atoms with van der Waals surface area (Å²) in [5.74, 6) is 0.424. The molecule has 0 N–H and O–H groups in total. The minimum absolute atomic E-state index is 0.145. The minimum Gasteiger partial charge on any atom is -0.311 e. The molecule has 0 amide bonds. The van der Waals surface area contributed by atoms with E-state index in [1.165, 1.54) is 4.31 Å². The molecule has 1 aliphatic heterocycles. The first-order valence-corrected chi connectivity index (χ1v) is 10.2. The summed E-state index contributed by atoms with van der Waals surface area (Å²) in [6.07, 6.45) is 1.60. The van der Waals surface area contributed by atoms with Gasteiger partial charge in [-0.15, -0.1) is 0 Å². The fourth-order valence-electron chi connectivity index (χ4n) is 3.23. The van der Waals surface area contributed by atoms with Gasteiger partial charge in [0.25, 0.3) is 0 Å². The van der Waals surface area contributed by atoms with Crippen LogP contribution in [0.4, 0.5) is 11.5 Å². The number of anilines is 2. The molecule has 0 radical (unpaired) electrons. The third kappa shape index (κ3) is 3.24. The second-order valence-electron chi connectivity index (χ2n) is 6.66. The van der Waals surface area contributed by atoms with E-state index in [1.807, 2.05) is 42.2 Å². The number of rotatable bonds is 3. The van der Waals surface area contributed by atoms with Crippen molar-refractivity contribution in [1.82, 2.24) is 9.29 Å². The van der Waals surface area contributed by atoms with Gasteiger partial charge >= 0.3 is 0 Å². The molecule has 7 heteroatoms. The molecule has 0 atom stereocenters. The molecule has 0 spiro atoms. The van der Waals surface area contributed by atoms with Crippen LogP contribution in [0.1, 0.15) is 16.7 Å². The number of fused-ring (bicyclic) bond motifs is 1. The molecule has 0 aliphatic carbocycles. The Hall–Kier alpha value is -3.21. The maximum absolute atomic E-state index is 13.2. The summed E-state index contributed by atoms with van der Waals surface area (Å²) < 4.78 is 27.8. The molecule has 6 nitrogen and oxygen atoms in total. The number of nitrogens with zero attached hydrogens (tertiary/aromatic N) is 4. The van der Waals surface area contributed by atoms with E-state index in [0.717, 1.165) is 16.8 Å². The Labute approximate surface area is 164 Å². The van der Waals surface area contributed by atoms with E-state index in [4.69, 9.17) is 5.26 Å². The molecule has 2 heterocycles. The van der Waals surface area contributed by atoms with E-state index >= 15 is 0 Å². The zero-order valence-electron chi connectivity index (χ0n) is 15.3. The van der Waals surface area contributed by atoms with Crippen LogP contribution in [0.3, 0.4) is 0 Å². The average molecular weight is 390 g/mol. The van der Waals surface area contributed by atoms with Gasteiger partial charge < -0.3 is 4.90 Å². The smallest absolute Gasteiger partial charge is 0.248 e. The predicted molar refractivity (Wildman–Crippen MR) is 106 cm³/mol. The van der Waals surface area contributed by atoms with Crippen LogP contribution in [0.5, 0.6) is 0 Å². The van der Waals surface area contributed by atoms with Gasteiger partial charge in [0.05, 0.1) is 18.3 Å². The molecule has 0 fully saturated rings. The van der Waals surface area contributed by atoms with Crippen LogP contribution >= 0.6 is 0 Å². The SMILES string of the molecule is Cc1ccc(N2CN(Cc3cccc(C#N)c3)S(=O)(=O)c3cccnc32)cc1. The van der Waals surface area contributed by atoms with Crippen molar-refractivity contribution in [2.24, 2.45) is 0 Å². The predicted octanol–water partition coefficient (Wildman–Crippen LogP) is 3.56. The lowest BCUT2D eigenvalue weighted by molar-refractivity contribution is 0.402. The zero-order chi connectivity index (χ0) is 19.7. The summed E-state index contributed by atoms with van der Waals surface area (Å²) in [7, 11) is -3.70. The number of aryl methyl sites for hydroxylation is 1. The van der Waals surface area contributed by atoms with Gasteiger partial charge in [-0.25, -0.2) is 13.4 Å². The second kappa shape index (κ2) is 7.08. The highest BCUT2D eigenvalue weighted by Gasteiger charge is 2.36. The molecular formula is C21H18N4O2S. The molecule has 1 aliphatic rings. The summed E-state index contributed by atoms with van der Waals surface area (Å²) in [4.78, 5) is 6.41. The van der Waals surface area contributed by atoms with Crippen LogP contribution in [0.25, 0.3) is 0 Å². The largest absolute Gasteiger partial charge is 0.311 e. The maximum atomic E-state index is 13.2. The average Bonchev–Trinajstić information content (AvgIpc) is 2.71. The molecular weight excluding hydrogens is 372 g/mol. The topological polar surface area (TPSA) is 77.3 Å².